The molecule has 0 atom stereocenters. The van der Waals surface area contributed by atoms with Gasteiger partial charge in [0.1, 0.15) is 11.3 Å². The van der Waals surface area contributed by atoms with Crippen LogP contribution in [0.2, 0.25) is 0 Å². The standard InChI is InChI=1S/C19H14N2O3/c1-10-7-11-3-2-6-21-17(11)14(8-10)16-18(23)13-5-4-12(22)9-15(13)24-19(16)20/h2-9,22H,20H2,1H3. The highest BCUT2D eigenvalue weighted by Gasteiger charge is 2.17. The van der Waals surface area contributed by atoms with Gasteiger partial charge >= 0.3 is 0 Å². The van der Waals surface area contributed by atoms with Gasteiger partial charge in [-0.1, -0.05) is 6.07 Å². The molecular formula is C19H14N2O3. The van der Waals surface area contributed by atoms with Gasteiger partial charge in [0.2, 0.25) is 11.3 Å². The zero-order valence-electron chi connectivity index (χ0n) is 12.9. The summed E-state index contributed by atoms with van der Waals surface area (Å²) in [6.07, 6.45) is 1.68. The third-order valence-corrected chi connectivity index (χ3v) is 4.02. The summed E-state index contributed by atoms with van der Waals surface area (Å²) >= 11 is 0. The summed E-state index contributed by atoms with van der Waals surface area (Å²) in [6.45, 7) is 1.95. The summed E-state index contributed by atoms with van der Waals surface area (Å²) in [7, 11) is 0. The van der Waals surface area contributed by atoms with Crippen LogP contribution in [0.1, 0.15) is 5.56 Å². The zero-order valence-corrected chi connectivity index (χ0v) is 12.9. The molecule has 2 aromatic carbocycles. The molecule has 0 radical (unpaired) electrons. The van der Waals surface area contributed by atoms with Gasteiger partial charge in [-0.25, -0.2) is 0 Å². The van der Waals surface area contributed by atoms with Crippen molar-refractivity contribution in [2.24, 2.45) is 0 Å². The van der Waals surface area contributed by atoms with Crippen molar-refractivity contribution in [3.8, 4) is 16.9 Å². The minimum Gasteiger partial charge on any atom is -0.508 e. The molecule has 5 nitrogen and oxygen atoms in total. The number of hydrogen-bond donors (Lipinski definition) is 2. The fraction of sp³-hybridized carbons (Fsp3) is 0.0526. The number of pyridine rings is 1. The molecule has 118 valence electrons. The van der Waals surface area contributed by atoms with Crippen molar-refractivity contribution >= 4 is 27.8 Å². The van der Waals surface area contributed by atoms with E-state index in [1.54, 1.807) is 6.20 Å². The Morgan fingerprint density at radius 3 is 2.83 bits per heavy atom. The Morgan fingerprint density at radius 1 is 1.17 bits per heavy atom. The monoisotopic (exact) mass is 318 g/mol. The molecule has 0 aliphatic heterocycles. The molecule has 0 aliphatic carbocycles. The van der Waals surface area contributed by atoms with E-state index in [1.165, 1.54) is 18.2 Å². The topological polar surface area (TPSA) is 89.4 Å². The van der Waals surface area contributed by atoms with Crippen LogP contribution in [0, 0.1) is 6.92 Å². The second-order valence-corrected chi connectivity index (χ2v) is 5.74. The first-order chi connectivity index (χ1) is 11.5. The highest BCUT2D eigenvalue weighted by molar-refractivity contribution is 5.98. The van der Waals surface area contributed by atoms with Gasteiger partial charge < -0.3 is 15.3 Å². The SMILES string of the molecule is Cc1cc(-c2c(N)oc3cc(O)ccc3c2=O)c2ncccc2c1. The molecule has 0 fully saturated rings. The Kier molecular flexibility index (Phi) is 3.03. The first kappa shape index (κ1) is 14.3. The highest BCUT2D eigenvalue weighted by atomic mass is 16.3. The van der Waals surface area contributed by atoms with E-state index < -0.39 is 0 Å². The Labute approximate surface area is 137 Å². The molecule has 0 saturated carbocycles. The summed E-state index contributed by atoms with van der Waals surface area (Å²) in [6, 6.07) is 12.0. The minimum absolute atomic E-state index is 0.00986. The molecule has 0 spiro atoms. The predicted octanol–water partition coefficient (Wildman–Crippen LogP) is 3.60. The fourth-order valence-electron chi connectivity index (χ4n) is 2.99. The quantitative estimate of drug-likeness (QED) is 0.559. The Morgan fingerprint density at radius 2 is 2.00 bits per heavy atom. The summed E-state index contributed by atoms with van der Waals surface area (Å²) in [5.41, 5.74) is 8.67. The number of phenols is 1. The number of nitrogens with zero attached hydrogens (tertiary/aromatic N) is 1. The van der Waals surface area contributed by atoms with Crippen LogP contribution in [0.4, 0.5) is 5.88 Å². The summed E-state index contributed by atoms with van der Waals surface area (Å²) < 4.78 is 5.59. The van der Waals surface area contributed by atoms with Crippen molar-refractivity contribution in [3.05, 3.63) is 64.4 Å². The van der Waals surface area contributed by atoms with Gasteiger partial charge in [0.25, 0.3) is 0 Å². The Hall–Kier alpha value is -3.34. The van der Waals surface area contributed by atoms with Crippen LogP contribution in [0.25, 0.3) is 33.0 Å². The average molecular weight is 318 g/mol. The van der Waals surface area contributed by atoms with E-state index in [9.17, 15) is 9.90 Å². The fourth-order valence-corrected chi connectivity index (χ4v) is 2.99. The maximum Gasteiger partial charge on any atom is 0.202 e. The minimum atomic E-state index is -0.244. The van der Waals surface area contributed by atoms with Gasteiger partial charge in [-0.2, -0.15) is 0 Å². The van der Waals surface area contributed by atoms with Crippen LogP contribution < -0.4 is 11.2 Å². The molecule has 3 N–H and O–H groups in total. The molecular weight excluding hydrogens is 304 g/mol. The lowest BCUT2D eigenvalue weighted by Crippen LogP contribution is -2.09. The van der Waals surface area contributed by atoms with Crippen LogP contribution in [-0.4, -0.2) is 10.1 Å². The first-order valence-corrected chi connectivity index (χ1v) is 7.45. The van der Waals surface area contributed by atoms with Crippen LogP contribution in [0.5, 0.6) is 5.75 Å². The third-order valence-electron chi connectivity index (χ3n) is 4.02. The predicted molar refractivity (Wildman–Crippen MR) is 94.0 cm³/mol. The molecule has 2 heterocycles. The van der Waals surface area contributed by atoms with Crippen LogP contribution in [0.3, 0.4) is 0 Å². The smallest absolute Gasteiger partial charge is 0.202 e. The number of aryl methyl sites for hydroxylation is 1. The number of rotatable bonds is 1. The second kappa shape index (κ2) is 5.09. The van der Waals surface area contributed by atoms with Crippen molar-refractivity contribution in [1.29, 1.82) is 0 Å². The molecule has 0 saturated heterocycles. The number of nitrogen functional groups attached to an aromatic ring is 1. The lowest BCUT2D eigenvalue weighted by Gasteiger charge is -2.10. The number of phenolic OH excluding ortho intramolecular Hbond substituents is 1. The number of aromatic hydroxyl groups is 1. The van der Waals surface area contributed by atoms with Gasteiger partial charge in [-0.3, -0.25) is 9.78 Å². The number of aromatic nitrogens is 1. The van der Waals surface area contributed by atoms with Gasteiger partial charge in [-0.15, -0.1) is 0 Å². The normalized spacial score (nSPS) is 11.2. The Balaban J connectivity index is 2.15. The number of anilines is 1. The Bertz CT molecular complexity index is 1160. The molecule has 2 aromatic heterocycles. The molecule has 0 aliphatic rings. The van der Waals surface area contributed by atoms with E-state index in [-0.39, 0.29) is 22.6 Å². The summed E-state index contributed by atoms with van der Waals surface area (Å²) in [5.74, 6) is 0.0242. The van der Waals surface area contributed by atoms with Crippen LogP contribution in [0.15, 0.2) is 57.9 Å². The van der Waals surface area contributed by atoms with Gasteiger partial charge in [0.05, 0.1) is 16.5 Å². The van der Waals surface area contributed by atoms with Gasteiger partial charge in [-0.05, 0) is 42.8 Å². The van der Waals surface area contributed by atoms with E-state index in [0.29, 0.717) is 22.0 Å². The second-order valence-electron chi connectivity index (χ2n) is 5.74. The van der Waals surface area contributed by atoms with E-state index in [4.69, 9.17) is 10.2 Å². The zero-order chi connectivity index (χ0) is 16.8. The number of nitrogens with two attached hydrogens (primary N) is 1. The summed E-state index contributed by atoms with van der Waals surface area (Å²) in [4.78, 5) is 17.4. The van der Waals surface area contributed by atoms with Crippen LogP contribution in [-0.2, 0) is 0 Å². The van der Waals surface area contributed by atoms with Gasteiger partial charge in [0, 0.05) is 23.2 Å². The maximum atomic E-state index is 13.0. The van der Waals surface area contributed by atoms with Crippen molar-refractivity contribution in [2.75, 3.05) is 5.73 Å². The number of benzene rings is 2. The number of fused-ring (bicyclic) bond motifs is 2. The first-order valence-electron chi connectivity index (χ1n) is 7.45. The lowest BCUT2D eigenvalue weighted by atomic mass is 9.98. The average Bonchev–Trinajstić information content (AvgIpc) is 2.54. The maximum absolute atomic E-state index is 13.0. The van der Waals surface area contributed by atoms with Crippen molar-refractivity contribution in [3.63, 3.8) is 0 Å². The van der Waals surface area contributed by atoms with Crippen molar-refractivity contribution in [2.45, 2.75) is 6.92 Å². The number of hydrogen-bond acceptors (Lipinski definition) is 5. The molecule has 24 heavy (non-hydrogen) atoms. The van der Waals surface area contributed by atoms with Crippen LogP contribution >= 0.6 is 0 Å². The lowest BCUT2D eigenvalue weighted by molar-refractivity contribution is 0.474. The van der Waals surface area contributed by atoms with E-state index in [0.717, 1.165) is 10.9 Å². The highest BCUT2D eigenvalue weighted by Crippen LogP contribution is 2.32. The molecule has 0 bridgehead atoms. The van der Waals surface area contributed by atoms with E-state index >= 15 is 0 Å². The molecule has 5 heteroatoms. The molecule has 0 unspecified atom stereocenters. The molecule has 4 aromatic rings. The van der Waals surface area contributed by atoms with Crippen molar-refractivity contribution < 1.29 is 9.52 Å². The largest absolute Gasteiger partial charge is 0.508 e. The van der Waals surface area contributed by atoms with E-state index in [1.807, 2.05) is 31.2 Å². The van der Waals surface area contributed by atoms with E-state index in [2.05, 4.69) is 4.98 Å². The molecule has 0 amide bonds. The third kappa shape index (κ3) is 2.10. The summed E-state index contributed by atoms with van der Waals surface area (Å²) in [5, 5.41) is 10.9. The van der Waals surface area contributed by atoms with Crippen molar-refractivity contribution in [1.82, 2.24) is 4.98 Å². The molecule has 4 rings (SSSR count). The van der Waals surface area contributed by atoms with Gasteiger partial charge in [0.15, 0.2) is 0 Å².